The normalized spacial score (nSPS) is 13.6. The molecule has 3 nitrogen and oxygen atoms in total. The predicted octanol–water partition coefficient (Wildman–Crippen LogP) is 2.53. The summed E-state index contributed by atoms with van der Waals surface area (Å²) in [5, 5.41) is 0. The maximum absolute atomic E-state index is 6.11. The van der Waals surface area contributed by atoms with E-state index in [0.717, 1.165) is 19.0 Å². The van der Waals surface area contributed by atoms with Crippen LogP contribution in [0.2, 0.25) is 45.3 Å². The van der Waals surface area contributed by atoms with Crippen molar-refractivity contribution in [3.05, 3.63) is 0 Å². The Hall–Kier alpha value is 0.531. The van der Waals surface area contributed by atoms with Gasteiger partial charge in [-0.2, -0.15) is 0 Å². The fourth-order valence-corrected chi connectivity index (χ4v) is 8.37. The van der Waals surface area contributed by atoms with E-state index in [4.69, 9.17) is 14.0 Å². The van der Waals surface area contributed by atoms with Crippen LogP contribution in [0, 0.1) is 0 Å². The molecule has 0 saturated carbocycles. The van der Waals surface area contributed by atoms with Crippen molar-refractivity contribution in [2.75, 3.05) is 6.54 Å². The van der Waals surface area contributed by atoms with Crippen molar-refractivity contribution in [3.63, 3.8) is 0 Å². The summed E-state index contributed by atoms with van der Waals surface area (Å²) in [6.45, 7) is 14.0. The molecule has 0 aromatic heterocycles. The van der Waals surface area contributed by atoms with Gasteiger partial charge in [-0.25, -0.2) is 0 Å². The molecule has 6 heteroatoms. The first-order valence-electron chi connectivity index (χ1n) is 5.58. The van der Waals surface area contributed by atoms with Crippen LogP contribution in [-0.4, -0.2) is 32.5 Å². The Labute approximate surface area is 98.5 Å². The molecule has 1 radical (unpaired) electrons. The smallest absolute Gasteiger partial charge is 0.362 e. The van der Waals surface area contributed by atoms with Crippen LogP contribution in [0.3, 0.4) is 0 Å². The molecule has 0 saturated heterocycles. The third-order valence-electron chi connectivity index (χ3n) is 1.43. The topological polar surface area (TPSA) is 44.5 Å². The summed E-state index contributed by atoms with van der Waals surface area (Å²) < 4.78 is 12.2. The molecule has 0 heterocycles. The Bertz CT molecular complexity index is 161. The molecule has 0 rings (SSSR count). The molecule has 0 aliphatic carbocycles. The van der Waals surface area contributed by atoms with E-state index in [0.29, 0.717) is 0 Å². The molecule has 2 N–H and O–H groups in total. The second kappa shape index (κ2) is 6.31. The van der Waals surface area contributed by atoms with E-state index >= 15 is 0 Å². The highest BCUT2D eigenvalue weighted by Gasteiger charge is 2.29. The average Bonchev–Trinajstić information content (AvgIpc) is 1.94. The van der Waals surface area contributed by atoms with Crippen LogP contribution in [0.1, 0.15) is 6.42 Å². The lowest BCUT2D eigenvalue weighted by Gasteiger charge is -2.29. The van der Waals surface area contributed by atoms with E-state index in [-0.39, 0.29) is 0 Å². The average molecular weight is 265 g/mol. The molecule has 0 atom stereocenters. The molecule has 15 heavy (non-hydrogen) atoms. The van der Waals surface area contributed by atoms with Crippen molar-refractivity contribution in [1.82, 2.24) is 0 Å². The van der Waals surface area contributed by atoms with Crippen LogP contribution in [-0.2, 0) is 8.23 Å². The van der Waals surface area contributed by atoms with E-state index in [9.17, 15) is 0 Å². The van der Waals surface area contributed by atoms with Gasteiger partial charge in [-0.15, -0.1) is 0 Å². The van der Waals surface area contributed by atoms with Gasteiger partial charge in [0.2, 0.25) is 0 Å². The third-order valence-corrected chi connectivity index (χ3v) is 8.91. The van der Waals surface area contributed by atoms with E-state index in [1.54, 1.807) is 0 Å². The van der Waals surface area contributed by atoms with Gasteiger partial charge in [-0.1, -0.05) is 0 Å². The summed E-state index contributed by atoms with van der Waals surface area (Å²) in [6.07, 6.45) is 1.02. The maximum atomic E-state index is 6.11. The lowest BCUT2D eigenvalue weighted by atomic mass is 10.5. The minimum atomic E-state index is -1.47. The summed E-state index contributed by atoms with van der Waals surface area (Å²) in [5.41, 5.74) is 5.53. The highest BCUT2D eigenvalue weighted by molar-refractivity contribution is 6.81. The lowest BCUT2D eigenvalue weighted by molar-refractivity contribution is 0.415. The Morgan fingerprint density at radius 2 is 1.33 bits per heavy atom. The Morgan fingerprint density at radius 3 is 1.60 bits per heavy atom. The van der Waals surface area contributed by atoms with Gasteiger partial charge in [0.15, 0.2) is 16.6 Å². The number of hydrogen-bond donors (Lipinski definition) is 1. The fourth-order valence-electron chi connectivity index (χ4n) is 1.05. The molecule has 0 aliphatic heterocycles. The molecule has 91 valence electrons. The summed E-state index contributed by atoms with van der Waals surface area (Å²) in [5.74, 6) is 0. The number of nitrogens with two attached hydrogens (primary N) is 1. The molecular weight excluding hydrogens is 238 g/mol. The van der Waals surface area contributed by atoms with E-state index in [2.05, 4.69) is 39.3 Å². The Morgan fingerprint density at radius 1 is 0.933 bits per heavy atom. The van der Waals surface area contributed by atoms with Gasteiger partial charge in [0, 0.05) is 0 Å². The largest absolute Gasteiger partial charge is 0.436 e. The molecule has 0 unspecified atom stereocenters. The SMILES string of the molecule is C[Si](C)(C)O[Si](CCCN)O[Si](C)(C)C. The first-order chi connectivity index (χ1) is 6.64. The van der Waals surface area contributed by atoms with E-state index in [1.165, 1.54) is 0 Å². The predicted molar refractivity (Wildman–Crippen MR) is 73.1 cm³/mol. The summed E-state index contributed by atoms with van der Waals surface area (Å²) >= 11 is 0. The highest BCUT2D eigenvalue weighted by atomic mass is 28.4. The minimum Gasteiger partial charge on any atom is -0.436 e. The molecule has 0 aromatic carbocycles. The molecule has 0 amide bonds. The lowest BCUT2D eigenvalue weighted by Crippen LogP contribution is -2.43. The van der Waals surface area contributed by atoms with Gasteiger partial charge in [-0.05, 0) is 58.3 Å². The fraction of sp³-hybridized carbons (Fsp3) is 1.00. The van der Waals surface area contributed by atoms with Crippen LogP contribution in [0.4, 0.5) is 0 Å². The second-order valence-electron chi connectivity index (χ2n) is 5.69. The third kappa shape index (κ3) is 10.8. The van der Waals surface area contributed by atoms with Crippen molar-refractivity contribution in [1.29, 1.82) is 0 Å². The summed E-state index contributed by atoms with van der Waals surface area (Å²) in [4.78, 5) is 0. The zero-order chi connectivity index (χ0) is 12.1. The molecule has 0 spiro atoms. The molecule has 0 aromatic rings. The Kier molecular flexibility index (Phi) is 6.53. The van der Waals surface area contributed by atoms with Crippen LogP contribution < -0.4 is 5.73 Å². The number of hydrogen-bond acceptors (Lipinski definition) is 3. The van der Waals surface area contributed by atoms with Crippen molar-refractivity contribution in [2.24, 2.45) is 5.73 Å². The summed E-state index contributed by atoms with van der Waals surface area (Å²) in [6, 6.07) is 1.02. The second-order valence-corrected chi connectivity index (χ2v) is 17.0. The first kappa shape index (κ1) is 15.5. The van der Waals surface area contributed by atoms with Gasteiger partial charge < -0.3 is 14.0 Å². The van der Waals surface area contributed by atoms with Crippen LogP contribution in [0.25, 0.3) is 0 Å². The summed E-state index contributed by atoms with van der Waals surface area (Å²) in [7, 11) is -4.02. The van der Waals surface area contributed by atoms with Gasteiger partial charge >= 0.3 is 9.28 Å². The van der Waals surface area contributed by atoms with Crippen molar-refractivity contribution < 1.29 is 8.23 Å². The molecular formula is C9H26NO2Si3. The van der Waals surface area contributed by atoms with Gasteiger partial charge in [-0.3, -0.25) is 0 Å². The van der Waals surface area contributed by atoms with Crippen molar-refractivity contribution in [3.8, 4) is 0 Å². The van der Waals surface area contributed by atoms with Crippen molar-refractivity contribution in [2.45, 2.75) is 51.7 Å². The van der Waals surface area contributed by atoms with E-state index < -0.39 is 25.9 Å². The molecule has 0 fully saturated rings. The van der Waals surface area contributed by atoms with Gasteiger partial charge in [0.1, 0.15) is 0 Å². The van der Waals surface area contributed by atoms with E-state index in [1.807, 2.05) is 0 Å². The van der Waals surface area contributed by atoms with Gasteiger partial charge in [0.25, 0.3) is 0 Å². The minimum absolute atomic E-state index is 0.734. The van der Waals surface area contributed by atoms with Gasteiger partial charge in [0.05, 0.1) is 0 Å². The van der Waals surface area contributed by atoms with Crippen molar-refractivity contribution >= 4 is 25.9 Å². The highest BCUT2D eigenvalue weighted by Crippen LogP contribution is 2.15. The zero-order valence-corrected chi connectivity index (χ0v) is 14.0. The first-order valence-corrected chi connectivity index (χ1v) is 13.9. The number of rotatable bonds is 7. The molecule has 0 aliphatic rings. The van der Waals surface area contributed by atoms with Crippen LogP contribution in [0.15, 0.2) is 0 Å². The molecule has 0 bridgehead atoms. The quantitative estimate of drug-likeness (QED) is 0.719. The maximum Gasteiger partial charge on any atom is 0.362 e. The van der Waals surface area contributed by atoms with Crippen LogP contribution >= 0.6 is 0 Å². The standard InChI is InChI=1S/C9H26NO2Si3/c1-14(2,3)11-13(9-7-8-10)12-15(4,5)6/h7-10H2,1-6H3. The monoisotopic (exact) mass is 264 g/mol. The zero-order valence-electron chi connectivity index (χ0n) is 11.0. The van der Waals surface area contributed by atoms with Crippen LogP contribution in [0.5, 0.6) is 0 Å². The Balaban J connectivity index is 4.19.